The molecule has 3 nitrogen and oxygen atoms in total. The Morgan fingerprint density at radius 3 is 2.88 bits per heavy atom. The molecule has 2 rings (SSSR count). The maximum Gasteiger partial charge on any atom is 0.0643 e. The van der Waals surface area contributed by atoms with Gasteiger partial charge in [-0.15, -0.1) is 0 Å². The van der Waals surface area contributed by atoms with Crippen molar-refractivity contribution in [3.05, 3.63) is 45.1 Å². The van der Waals surface area contributed by atoms with Crippen molar-refractivity contribution in [2.45, 2.75) is 13.5 Å². The number of halogens is 2. The van der Waals surface area contributed by atoms with E-state index >= 15 is 0 Å². The van der Waals surface area contributed by atoms with Crippen molar-refractivity contribution >= 4 is 33.2 Å². The molecule has 0 aliphatic rings. The van der Waals surface area contributed by atoms with E-state index in [9.17, 15) is 0 Å². The van der Waals surface area contributed by atoms with Crippen LogP contribution in [0.3, 0.4) is 0 Å². The molecule has 0 atom stereocenters. The molecule has 1 aromatic heterocycles. The van der Waals surface area contributed by atoms with Gasteiger partial charge < -0.3 is 5.32 Å². The molecule has 0 saturated heterocycles. The largest absolute Gasteiger partial charge is 0.380 e. The molecule has 1 aromatic carbocycles. The highest BCUT2D eigenvalue weighted by atomic mass is 79.9. The molecule has 0 fully saturated rings. The van der Waals surface area contributed by atoms with E-state index in [2.05, 4.69) is 26.3 Å². The third-order valence-electron chi connectivity index (χ3n) is 2.54. The normalized spacial score (nSPS) is 10.6. The van der Waals surface area contributed by atoms with E-state index < -0.39 is 0 Å². The molecule has 0 amide bonds. The predicted octanol–water partition coefficient (Wildman–Crippen LogP) is 3.76. The summed E-state index contributed by atoms with van der Waals surface area (Å²) in [6, 6.07) is 5.76. The van der Waals surface area contributed by atoms with Gasteiger partial charge in [-0.1, -0.05) is 17.7 Å². The molecule has 17 heavy (non-hydrogen) atoms. The van der Waals surface area contributed by atoms with Crippen molar-refractivity contribution in [2.24, 2.45) is 7.05 Å². The summed E-state index contributed by atoms with van der Waals surface area (Å²) >= 11 is 9.49. The fourth-order valence-electron chi connectivity index (χ4n) is 1.65. The van der Waals surface area contributed by atoms with Crippen LogP contribution >= 0.6 is 27.5 Å². The molecular formula is C12H13BrClN3. The minimum Gasteiger partial charge on any atom is -0.380 e. The second-order valence-electron chi connectivity index (χ2n) is 3.87. The minimum absolute atomic E-state index is 0.706. The van der Waals surface area contributed by atoms with Gasteiger partial charge in [0.15, 0.2) is 0 Å². The average molecular weight is 315 g/mol. The van der Waals surface area contributed by atoms with Gasteiger partial charge in [-0.05, 0) is 35.0 Å². The number of aromatic nitrogens is 2. The lowest BCUT2D eigenvalue weighted by Crippen LogP contribution is -2.00. The van der Waals surface area contributed by atoms with Gasteiger partial charge in [0.05, 0.1) is 20.9 Å². The van der Waals surface area contributed by atoms with Crippen molar-refractivity contribution in [1.29, 1.82) is 0 Å². The first kappa shape index (κ1) is 12.5. The molecule has 2 aromatic rings. The standard InChI is InChI=1S/C12H13BrClN3/c1-8-9(7-17(2)16-8)6-15-11-5-3-4-10(14)12(11)13/h3-5,7,15H,6H2,1-2H3. The van der Waals surface area contributed by atoms with Gasteiger partial charge in [0.1, 0.15) is 0 Å². The molecule has 0 unspecified atom stereocenters. The maximum absolute atomic E-state index is 6.03. The van der Waals surface area contributed by atoms with Crippen molar-refractivity contribution in [3.63, 3.8) is 0 Å². The third-order valence-corrected chi connectivity index (χ3v) is 3.93. The number of anilines is 1. The Hall–Kier alpha value is -1.000. The van der Waals surface area contributed by atoms with E-state index in [1.165, 1.54) is 5.56 Å². The molecule has 0 aliphatic carbocycles. The van der Waals surface area contributed by atoms with Gasteiger partial charge in [0, 0.05) is 25.4 Å². The zero-order valence-electron chi connectivity index (χ0n) is 9.67. The van der Waals surface area contributed by atoms with Crippen molar-refractivity contribution < 1.29 is 0 Å². The van der Waals surface area contributed by atoms with Crippen LogP contribution in [-0.4, -0.2) is 9.78 Å². The van der Waals surface area contributed by atoms with Gasteiger partial charge in [-0.3, -0.25) is 4.68 Å². The SMILES string of the molecule is Cc1nn(C)cc1CNc1cccc(Cl)c1Br. The van der Waals surface area contributed by atoms with Crippen LogP contribution in [0.25, 0.3) is 0 Å². The fourth-order valence-corrected chi connectivity index (χ4v) is 2.23. The monoisotopic (exact) mass is 313 g/mol. The van der Waals surface area contributed by atoms with E-state index in [0.717, 1.165) is 22.4 Å². The molecule has 1 heterocycles. The zero-order valence-corrected chi connectivity index (χ0v) is 12.0. The second kappa shape index (κ2) is 5.10. The van der Waals surface area contributed by atoms with Crippen LogP contribution in [0.4, 0.5) is 5.69 Å². The summed E-state index contributed by atoms with van der Waals surface area (Å²) in [5, 5.41) is 8.35. The minimum atomic E-state index is 0.706. The zero-order chi connectivity index (χ0) is 12.4. The second-order valence-corrected chi connectivity index (χ2v) is 5.07. The molecule has 0 spiro atoms. The van der Waals surface area contributed by atoms with E-state index in [-0.39, 0.29) is 0 Å². The third kappa shape index (κ3) is 2.82. The Labute approximate surface area is 114 Å². The molecule has 90 valence electrons. The van der Waals surface area contributed by atoms with E-state index in [0.29, 0.717) is 5.02 Å². The highest BCUT2D eigenvalue weighted by molar-refractivity contribution is 9.10. The smallest absolute Gasteiger partial charge is 0.0643 e. The Morgan fingerprint density at radius 2 is 2.24 bits per heavy atom. The van der Waals surface area contributed by atoms with E-state index in [4.69, 9.17) is 11.6 Å². The predicted molar refractivity (Wildman–Crippen MR) is 74.4 cm³/mol. The topological polar surface area (TPSA) is 29.9 Å². The van der Waals surface area contributed by atoms with Crippen molar-refractivity contribution in [1.82, 2.24) is 9.78 Å². The Balaban J connectivity index is 2.12. The number of nitrogens with zero attached hydrogens (tertiary/aromatic N) is 2. The van der Waals surface area contributed by atoms with Crippen LogP contribution in [0, 0.1) is 6.92 Å². The molecular weight excluding hydrogens is 302 g/mol. The summed E-state index contributed by atoms with van der Waals surface area (Å²) < 4.78 is 2.71. The van der Waals surface area contributed by atoms with Gasteiger partial charge >= 0.3 is 0 Å². The molecule has 0 aliphatic heterocycles. The van der Waals surface area contributed by atoms with Gasteiger partial charge in [0.25, 0.3) is 0 Å². The maximum atomic E-state index is 6.03. The highest BCUT2D eigenvalue weighted by Crippen LogP contribution is 2.30. The van der Waals surface area contributed by atoms with E-state index in [1.54, 1.807) is 0 Å². The fraction of sp³-hybridized carbons (Fsp3) is 0.250. The van der Waals surface area contributed by atoms with Crippen LogP contribution in [0.5, 0.6) is 0 Å². The quantitative estimate of drug-likeness (QED) is 0.935. The van der Waals surface area contributed by atoms with Crippen LogP contribution in [0.15, 0.2) is 28.9 Å². The summed E-state index contributed by atoms with van der Waals surface area (Å²) in [6.45, 7) is 2.74. The van der Waals surface area contributed by atoms with Crippen molar-refractivity contribution in [3.8, 4) is 0 Å². The number of nitrogens with one attached hydrogen (secondary N) is 1. The first-order valence-corrected chi connectivity index (χ1v) is 6.42. The lowest BCUT2D eigenvalue weighted by Gasteiger charge is -2.08. The number of hydrogen-bond donors (Lipinski definition) is 1. The van der Waals surface area contributed by atoms with Gasteiger partial charge in [-0.25, -0.2) is 0 Å². The Bertz CT molecular complexity index is 537. The Kier molecular flexibility index (Phi) is 3.74. The summed E-state index contributed by atoms with van der Waals surface area (Å²) in [7, 11) is 1.92. The number of benzene rings is 1. The first-order chi connectivity index (χ1) is 8.08. The van der Waals surface area contributed by atoms with Crippen LogP contribution in [0.2, 0.25) is 5.02 Å². The van der Waals surface area contributed by atoms with Crippen LogP contribution < -0.4 is 5.32 Å². The summed E-state index contributed by atoms with van der Waals surface area (Å²) in [5.41, 5.74) is 3.21. The van der Waals surface area contributed by atoms with Crippen LogP contribution in [-0.2, 0) is 13.6 Å². The molecule has 0 radical (unpaired) electrons. The Morgan fingerprint density at radius 1 is 1.47 bits per heavy atom. The summed E-state index contributed by atoms with van der Waals surface area (Å²) in [6.07, 6.45) is 2.01. The summed E-state index contributed by atoms with van der Waals surface area (Å²) in [4.78, 5) is 0. The number of hydrogen-bond acceptors (Lipinski definition) is 2. The molecule has 1 N–H and O–H groups in total. The van der Waals surface area contributed by atoms with Crippen LogP contribution in [0.1, 0.15) is 11.3 Å². The highest BCUT2D eigenvalue weighted by Gasteiger charge is 2.06. The van der Waals surface area contributed by atoms with E-state index in [1.807, 2.05) is 43.0 Å². The lowest BCUT2D eigenvalue weighted by atomic mass is 10.2. The van der Waals surface area contributed by atoms with Crippen molar-refractivity contribution in [2.75, 3.05) is 5.32 Å². The number of rotatable bonds is 3. The molecule has 0 saturated carbocycles. The number of aryl methyl sites for hydroxylation is 2. The summed E-state index contributed by atoms with van der Waals surface area (Å²) in [5.74, 6) is 0. The molecule has 0 bridgehead atoms. The first-order valence-electron chi connectivity index (χ1n) is 5.25. The van der Waals surface area contributed by atoms with Gasteiger partial charge in [-0.2, -0.15) is 5.10 Å². The molecule has 5 heteroatoms. The lowest BCUT2D eigenvalue weighted by molar-refractivity contribution is 0.756. The van der Waals surface area contributed by atoms with Gasteiger partial charge in [0.2, 0.25) is 0 Å². The average Bonchev–Trinajstić information content (AvgIpc) is 2.60.